The van der Waals surface area contributed by atoms with Gasteiger partial charge in [-0.2, -0.15) is 0 Å². The molecule has 0 aliphatic carbocycles. The average molecular weight is 269 g/mol. The zero-order chi connectivity index (χ0) is 13.1. The molecular weight excluding hydrogens is 254 g/mol. The molecule has 0 spiro atoms. The van der Waals surface area contributed by atoms with Gasteiger partial charge in [-0.1, -0.05) is 11.8 Å². The van der Waals surface area contributed by atoms with Crippen LogP contribution in [-0.4, -0.2) is 34.9 Å². The van der Waals surface area contributed by atoms with Gasteiger partial charge in [0.1, 0.15) is 5.82 Å². The van der Waals surface area contributed by atoms with E-state index in [9.17, 15) is 10.1 Å². The summed E-state index contributed by atoms with van der Waals surface area (Å²) in [6, 6.07) is 3.10. The highest BCUT2D eigenvalue weighted by atomic mass is 32.2. The van der Waals surface area contributed by atoms with E-state index in [1.807, 2.05) is 6.92 Å². The van der Waals surface area contributed by atoms with Gasteiger partial charge in [-0.05, 0) is 19.4 Å². The van der Waals surface area contributed by atoms with Crippen molar-refractivity contribution in [1.29, 1.82) is 0 Å². The van der Waals surface area contributed by atoms with Crippen molar-refractivity contribution in [2.75, 3.05) is 19.0 Å². The van der Waals surface area contributed by atoms with Crippen LogP contribution in [0.3, 0.4) is 0 Å². The number of nitro groups is 1. The van der Waals surface area contributed by atoms with Crippen LogP contribution in [0.1, 0.15) is 13.3 Å². The van der Waals surface area contributed by atoms with Gasteiger partial charge in [-0.25, -0.2) is 4.98 Å². The summed E-state index contributed by atoms with van der Waals surface area (Å²) in [5.41, 5.74) is 0.0538. The van der Waals surface area contributed by atoms with Crippen LogP contribution in [0.5, 0.6) is 0 Å². The van der Waals surface area contributed by atoms with E-state index in [2.05, 4.69) is 10.3 Å². The lowest BCUT2D eigenvalue weighted by atomic mass is 10.3. The first-order chi connectivity index (χ1) is 8.61. The van der Waals surface area contributed by atoms with Gasteiger partial charge in [0.15, 0.2) is 5.03 Å². The fourth-order valence-corrected chi connectivity index (χ4v) is 2.99. The largest absolute Gasteiger partial charge is 0.377 e. The van der Waals surface area contributed by atoms with E-state index in [0.717, 1.165) is 6.42 Å². The average Bonchev–Trinajstić information content (AvgIpc) is 2.74. The van der Waals surface area contributed by atoms with E-state index in [4.69, 9.17) is 4.74 Å². The maximum Gasteiger partial charge on any atom is 0.301 e. The van der Waals surface area contributed by atoms with Gasteiger partial charge in [-0.3, -0.25) is 10.1 Å². The molecule has 1 aromatic rings. The third-order valence-corrected chi connectivity index (χ3v) is 4.31. The molecule has 0 aromatic carbocycles. The molecule has 6 nitrogen and oxygen atoms in total. The highest BCUT2D eigenvalue weighted by Crippen LogP contribution is 2.36. The molecule has 2 rings (SSSR count). The van der Waals surface area contributed by atoms with Crippen LogP contribution in [0.25, 0.3) is 0 Å². The quantitative estimate of drug-likeness (QED) is 0.667. The van der Waals surface area contributed by atoms with Crippen molar-refractivity contribution in [2.45, 2.75) is 29.7 Å². The lowest BCUT2D eigenvalue weighted by Gasteiger charge is -2.13. The summed E-state index contributed by atoms with van der Waals surface area (Å²) in [4.78, 5) is 14.8. The van der Waals surface area contributed by atoms with Gasteiger partial charge in [0, 0.05) is 25.0 Å². The van der Waals surface area contributed by atoms with Crippen molar-refractivity contribution in [1.82, 2.24) is 4.98 Å². The number of hydrogen-bond acceptors (Lipinski definition) is 6. The molecule has 1 fully saturated rings. The van der Waals surface area contributed by atoms with Gasteiger partial charge in [0.2, 0.25) is 0 Å². The molecule has 1 N–H and O–H groups in total. The van der Waals surface area contributed by atoms with Gasteiger partial charge >= 0.3 is 5.69 Å². The fourth-order valence-electron chi connectivity index (χ4n) is 1.81. The molecule has 1 aliphatic heterocycles. The van der Waals surface area contributed by atoms with Crippen molar-refractivity contribution in [3.8, 4) is 0 Å². The third-order valence-electron chi connectivity index (χ3n) is 2.86. The molecule has 1 aliphatic rings. The molecule has 7 heteroatoms. The normalized spacial score (nSPS) is 23.0. The van der Waals surface area contributed by atoms with Gasteiger partial charge in [0.25, 0.3) is 0 Å². The summed E-state index contributed by atoms with van der Waals surface area (Å²) in [7, 11) is 1.74. The van der Waals surface area contributed by atoms with Crippen molar-refractivity contribution < 1.29 is 9.66 Å². The maximum atomic E-state index is 11.0. The van der Waals surface area contributed by atoms with E-state index >= 15 is 0 Å². The van der Waals surface area contributed by atoms with Crippen LogP contribution in [0.15, 0.2) is 17.2 Å². The Morgan fingerprint density at radius 3 is 2.94 bits per heavy atom. The molecule has 0 bridgehead atoms. The Bertz CT molecular complexity index is 455. The van der Waals surface area contributed by atoms with Crippen molar-refractivity contribution in [3.05, 3.63) is 22.2 Å². The number of rotatable bonds is 4. The summed E-state index contributed by atoms with van der Waals surface area (Å²) < 4.78 is 5.46. The Morgan fingerprint density at radius 2 is 2.39 bits per heavy atom. The molecule has 2 unspecified atom stereocenters. The Kier molecular flexibility index (Phi) is 4.03. The number of nitrogens with zero attached hydrogens (tertiary/aromatic N) is 2. The minimum atomic E-state index is -0.394. The van der Waals surface area contributed by atoms with Crippen LogP contribution in [0.4, 0.5) is 11.5 Å². The molecule has 98 valence electrons. The smallest absolute Gasteiger partial charge is 0.301 e. The first-order valence-corrected chi connectivity index (χ1v) is 6.61. The molecule has 0 radical (unpaired) electrons. The number of aromatic nitrogens is 1. The third kappa shape index (κ3) is 2.73. The summed E-state index contributed by atoms with van der Waals surface area (Å²) in [5, 5.41) is 14.5. The van der Waals surface area contributed by atoms with E-state index in [0.29, 0.717) is 17.5 Å². The summed E-state index contributed by atoms with van der Waals surface area (Å²) in [5.74, 6) is 0.634. The van der Waals surface area contributed by atoms with E-state index < -0.39 is 4.92 Å². The first kappa shape index (κ1) is 13.1. The predicted octanol–water partition coefficient (Wildman–Crippen LogP) is 2.30. The van der Waals surface area contributed by atoms with E-state index in [1.54, 1.807) is 13.1 Å². The van der Waals surface area contributed by atoms with Gasteiger partial charge < -0.3 is 10.1 Å². The number of thioether (sulfide) groups is 1. The molecule has 2 atom stereocenters. The monoisotopic (exact) mass is 269 g/mol. The molecule has 1 saturated heterocycles. The molecule has 0 amide bonds. The number of anilines is 1. The summed E-state index contributed by atoms with van der Waals surface area (Å²) in [6.07, 6.45) is 1.00. The molecule has 18 heavy (non-hydrogen) atoms. The molecular formula is C11H15N3O3S. The Morgan fingerprint density at radius 1 is 1.61 bits per heavy atom. The second-order valence-corrected chi connectivity index (χ2v) is 5.28. The summed E-state index contributed by atoms with van der Waals surface area (Å²) >= 11 is 1.43. The lowest BCUT2D eigenvalue weighted by molar-refractivity contribution is -0.388. The van der Waals surface area contributed by atoms with Gasteiger partial charge in [0.05, 0.1) is 11.0 Å². The van der Waals surface area contributed by atoms with E-state index in [1.165, 1.54) is 17.8 Å². The predicted molar refractivity (Wildman–Crippen MR) is 70.1 cm³/mol. The first-order valence-electron chi connectivity index (χ1n) is 5.73. The van der Waals surface area contributed by atoms with Crippen molar-refractivity contribution in [2.24, 2.45) is 0 Å². The highest BCUT2D eigenvalue weighted by molar-refractivity contribution is 8.00. The number of ether oxygens (including phenoxy) is 1. The minimum Gasteiger partial charge on any atom is -0.377 e. The second-order valence-electron chi connectivity index (χ2n) is 4.05. The van der Waals surface area contributed by atoms with Gasteiger partial charge in [-0.15, -0.1) is 0 Å². The fraction of sp³-hybridized carbons (Fsp3) is 0.545. The highest BCUT2D eigenvalue weighted by Gasteiger charge is 2.28. The van der Waals surface area contributed by atoms with Crippen LogP contribution in [-0.2, 0) is 4.74 Å². The van der Waals surface area contributed by atoms with Crippen LogP contribution < -0.4 is 5.32 Å². The van der Waals surface area contributed by atoms with Crippen LogP contribution in [0.2, 0.25) is 0 Å². The minimum absolute atomic E-state index is 0.0538. The van der Waals surface area contributed by atoms with E-state index in [-0.39, 0.29) is 17.0 Å². The number of hydrogen-bond donors (Lipinski definition) is 1. The molecule has 1 aromatic heterocycles. The molecule has 2 heterocycles. The second kappa shape index (κ2) is 5.53. The van der Waals surface area contributed by atoms with Crippen molar-refractivity contribution >= 4 is 23.3 Å². The van der Waals surface area contributed by atoms with Crippen molar-refractivity contribution in [3.63, 3.8) is 0 Å². The van der Waals surface area contributed by atoms with Crippen LogP contribution in [0, 0.1) is 10.1 Å². The number of pyridine rings is 1. The Balaban J connectivity index is 2.25. The summed E-state index contributed by atoms with van der Waals surface area (Å²) in [6.45, 7) is 2.69. The molecule has 0 saturated carbocycles. The zero-order valence-corrected chi connectivity index (χ0v) is 11.1. The lowest BCUT2D eigenvalue weighted by Crippen LogP contribution is -2.14. The zero-order valence-electron chi connectivity index (χ0n) is 10.3. The number of nitrogens with one attached hydrogen (secondary N) is 1. The maximum absolute atomic E-state index is 11.0. The standard InChI is InChI=1S/C11H15N3O3S/c1-7-9(5-6-17-7)18-11-8(14(15)16)3-4-10(12-2)13-11/h3-4,7,9H,5-6H2,1-2H3,(H,12,13). The Hall–Kier alpha value is -1.34. The van der Waals surface area contributed by atoms with Crippen LogP contribution >= 0.6 is 11.8 Å². The Labute approximate surface area is 109 Å². The SMILES string of the molecule is CNc1ccc([N+](=O)[O-])c(SC2CCOC2C)n1. The topological polar surface area (TPSA) is 77.3 Å².